The minimum absolute atomic E-state index is 0. The molecule has 8 heteroatoms. The van der Waals surface area contributed by atoms with E-state index < -0.39 is 0 Å². The van der Waals surface area contributed by atoms with Crippen molar-refractivity contribution in [2.75, 3.05) is 28.3 Å². The van der Waals surface area contributed by atoms with Crippen LogP contribution in [-0.4, -0.2) is 40.2 Å². The first-order valence-corrected chi connectivity index (χ1v) is 8.57. The minimum atomic E-state index is -0.106. The van der Waals surface area contributed by atoms with Gasteiger partial charge >= 0.3 is 0 Å². The highest BCUT2D eigenvalue weighted by Gasteiger charge is 2.07. The van der Waals surface area contributed by atoms with Gasteiger partial charge in [-0.05, 0) is 29.8 Å². The number of benzene rings is 2. The van der Waals surface area contributed by atoms with E-state index in [9.17, 15) is 4.79 Å². The first kappa shape index (κ1) is 23.5. The summed E-state index contributed by atoms with van der Waals surface area (Å²) in [4.78, 5) is 16.0. The van der Waals surface area contributed by atoms with Gasteiger partial charge in [0.05, 0.1) is 14.2 Å². The van der Waals surface area contributed by atoms with E-state index in [1.807, 2.05) is 36.4 Å². The molecule has 7 nitrogen and oxygen atoms in total. The van der Waals surface area contributed by atoms with Crippen LogP contribution in [0.4, 0.5) is 0 Å². The lowest BCUT2D eigenvalue weighted by Crippen LogP contribution is -2.36. The van der Waals surface area contributed by atoms with Gasteiger partial charge in [-0.25, -0.2) is 0 Å². The maximum atomic E-state index is 11.7. The van der Waals surface area contributed by atoms with Crippen molar-refractivity contribution in [2.24, 2.45) is 4.99 Å². The molecule has 0 aliphatic rings. The van der Waals surface area contributed by atoms with Crippen LogP contribution in [0.15, 0.2) is 47.5 Å². The van der Waals surface area contributed by atoms with Crippen LogP contribution in [0.3, 0.4) is 0 Å². The van der Waals surface area contributed by atoms with E-state index in [0.717, 1.165) is 22.6 Å². The summed E-state index contributed by atoms with van der Waals surface area (Å²) in [6.45, 7) is 1.09. The Hall–Kier alpha value is -2.49. The number of guanidine groups is 1. The second-order valence-corrected chi connectivity index (χ2v) is 5.74. The van der Waals surface area contributed by atoms with Gasteiger partial charge < -0.3 is 25.4 Å². The van der Waals surface area contributed by atoms with E-state index in [1.165, 1.54) is 0 Å². The molecule has 2 aromatic rings. The number of amides is 1. The standard InChI is InChI=1S/C20H26N4O3.HI/c1-21-19(25)15-7-5-6-14(10-15)12-23-20(22-2)24-13-16-8-9-17(26-3)11-18(16)27-4;/h5-11H,12-13H2,1-4H3,(H,21,25)(H2,22,23,24);1H. The number of halogens is 1. The fraction of sp³-hybridized carbons (Fsp3) is 0.300. The second-order valence-electron chi connectivity index (χ2n) is 5.74. The Bertz CT molecular complexity index is 812. The Labute approximate surface area is 182 Å². The summed E-state index contributed by atoms with van der Waals surface area (Å²) in [6, 6.07) is 13.1. The smallest absolute Gasteiger partial charge is 0.251 e. The third-order valence-corrected chi connectivity index (χ3v) is 4.04. The summed E-state index contributed by atoms with van der Waals surface area (Å²) in [5.41, 5.74) is 2.60. The van der Waals surface area contributed by atoms with Crippen molar-refractivity contribution in [3.8, 4) is 11.5 Å². The topological polar surface area (TPSA) is 84.0 Å². The molecule has 0 aliphatic heterocycles. The van der Waals surface area contributed by atoms with E-state index >= 15 is 0 Å². The van der Waals surface area contributed by atoms with Crippen LogP contribution in [-0.2, 0) is 13.1 Å². The average Bonchev–Trinajstić information content (AvgIpc) is 2.73. The van der Waals surface area contributed by atoms with Crippen LogP contribution in [0.2, 0.25) is 0 Å². The van der Waals surface area contributed by atoms with Crippen LogP contribution in [0.5, 0.6) is 11.5 Å². The molecule has 0 unspecified atom stereocenters. The molecule has 2 rings (SSSR count). The van der Waals surface area contributed by atoms with Crippen LogP contribution >= 0.6 is 24.0 Å². The molecule has 0 saturated carbocycles. The zero-order valence-corrected chi connectivity index (χ0v) is 18.9. The van der Waals surface area contributed by atoms with Crippen molar-refractivity contribution in [3.05, 3.63) is 59.2 Å². The Morgan fingerprint density at radius 1 is 1.04 bits per heavy atom. The number of ether oxygens (including phenoxy) is 2. The van der Waals surface area contributed by atoms with E-state index in [-0.39, 0.29) is 29.9 Å². The van der Waals surface area contributed by atoms with Gasteiger partial charge in [-0.2, -0.15) is 0 Å². The molecular formula is C20H27IN4O3. The van der Waals surface area contributed by atoms with E-state index in [4.69, 9.17) is 9.47 Å². The van der Waals surface area contributed by atoms with E-state index in [2.05, 4.69) is 20.9 Å². The van der Waals surface area contributed by atoms with Gasteiger partial charge in [-0.3, -0.25) is 9.79 Å². The Kier molecular flexibility index (Phi) is 10.1. The average molecular weight is 498 g/mol. The number of hydrogen-bond donors (Lipinski definition) is 3. The highest BCUT2D eigenvalue weighted by Crippen LogP contribution is 2.24. The molecule has 0 spiro atoms. The molecule has 0 bridgehead atoms. The monoisotopic (exact) mass is 498 g/mol. The number of carbonyl (C=O) groups excluding carboxylic acids is 1. The fourth-order valence-corrected chi connectivity index (χ4v) is 2.55. The summed E-state index contributed by atoms with van der Waals surface area (Å²) in [5.74, 6) is 2.04. The number of carbonyl (C=O) groups is 1. The van der Waals surface area contributed by atoms with Crippen LogP contribution in [0.1, 0.15) is 21.5 Å². The van der Waals surface area contributed by atoms with Crippen molar-refractivity contribution in [1.29, 1.82) is 0 Å². The molecule has 0 atom stereocenters. The lowest BCUT2D eigenvalue weighted by Gasteiger charge is -2.15. The molecule has 1 amide bonds. The molecule has 152 valence electrons. The number of nitrogens with zero attached hydrogens (tertiary/aromatic N) is 1. The highest BCUT2D eigenvalue weighted by molar-refractivity contribution is 14.0. The van der Waals surface area contributed by atoms with Crippen LogP contribution in [0.25, 0.3) is 0 Å². The first-order valence-electron chi connectivity index (χ1n) is 8.57. The molecule has 0 heterocycles. The second kappa shape index (κ2) is 12.1. The molecule has 0 fully saturated rings. The first-order chi connectivity index (χ1) is 13.1. The zero-order valence-electron chi connectivity index (χ0n) is 16.5. The van der Waals surface area contributed by atoms with E-state index in [0.29, 0.717) is 24.6 Å². The van der Waals surface area contributed by atoms with Gasteiger partial charge in [0.1, 0.15) is 11.5 Å². The molecular weight excluding hydrogens is 471 g/mol. The van der Waals surface area contributed by atoms with E-state index in [1.54, 1.807) is 34.4 Å². The molecule has 0 aromatic heterocycles. The molecule has 3 N–H and O–H groups in total. The SMILES string of the molecule is CN=C(NCc1cccc(C(=O)NC)c1)NCc1ccc(OC)cc1OC.I. The number of methoxy groups -OCH3 is 2. The number of aliphatic imine (C=N–C) groups is 1. The fourth-order valence-electron chi connectivity index (χ4n) is 2.55. The van der Waals surface area contributed by atoms with Crippen LogP contribution in [0, 0.1) is 0 Å². The number of rotatable bonds is 7. The molecule has 0 radical (unpaired) electrons. The normalized spacial score (nSPS) is 10.5. The summed E-state index contributed by atoms with van der Waals surface area (Å²) in [5, 5.41) is 9.12. The van der Waals surface area contributed by atoms with Gasteiger partial charge in [0.15, 0.2) is 5.96 Å². The Morgan fingerprint density at radius 3 is 2.43 bits per heavy atom. The molecule has 2 aromatic carbocycles. The van der Waals surface area contributed by atoms with Gasteiger partial charge in [0.25, 0.3) is 5.91 Å². The number of nitrogens with one attached hydrogen (secondary N) is 3. The minimum Gasteiger partial charge on any atom is -0.497 e. The largest absolute Gasteiger partial charge is 0.497 e. The highest BCUT2D eigenvalue weighted by atomic mass is 127. The lowest BCUT2D eigenvalue weighted by atomic mass is 10.1. The summed E-state index contributed by atoms with van der Waals surface area (Å²) >= 11 is 0. The maximum Gasteiger partial charge on any atom is 0.251 e. The summed E-state index contributed by atoms with van der Waals surface area (Å²) < 4.78 is 10.6. The summed E-state index contributed by atoms with van der Waals surface area (Å²) in [6.07, 6.45) is 0. The zero-order chi connectivity index (χ0) is 19.6. The third kappa shape index (κ3) is 6.59. The van der Waals surface area contributed by atoms with Crippen molar-refractivity contribution in [2.45, 2.75) is 13.1 Å². The van der Waals surface area contributed by atoms with Gasteiger partial charge in [0, 0.05) is 44.4 Å². The number of hydrogen-bond acceptors (Lipinski definition) is 4. The van der Waals surface area contributed by atoms with Gasteiger partial charge in [0.2, 0.25) is 0 Å². The predicted octanol–water partition coefficient (Wildman–Crippen LogP) is 2.55. The van der Waals surface area contributed by atoms with Crippen molar-refractivity contribution < 1.29 is 14.3 Å². The Balaban J connectivity index is 0.00000392. The molecule has 0 saturated heterocycles. The maximum absolute atomic E-state index is 11.7. The van der Waals surface area contributed by atoms with Gasteiger partial charge in [-0.15, -0.1) is 24.0 Å². The summed E-state index contributed by atoms with van der Waals surface area (Å²) in [7, 11) is 6.58. The van der Waals surface area contributed by atoms with Gasteiger partial charge in [-0.1, -0.05) is 12.1 Å². The Morgan fingerprint density at radius 2 is 1.79 bits per heavy atom. The molecule has 0 aliphatic carbocycles. The predicted molar refractivity (Wildman–Crippen MR) is 122 cm³/mol. The van der Waals surface area contributed by atoms with Crippen molar-refractivity contribution in [3.63, 3.8) is 0 Å². The molecule has 28 heavy (non-hydrogen) atoms. The van der Waals surface area contributed by atoms with Crippen molar-refractivity contribution >= 4 is 35.8 Å². The van der Waals surface area contributed by atoms with Crippen LogP contribution < -0.4 is 25.4 Å². The quantitative estimate of drug-likeness (QED) is 0.311. The lowest BCUT2D eigenvalue weighted by molar-refractivity contribution is 0.0963. The third-order valence-electron chi connectivity index (χ3n) is 4.04. The van der Waals surface area contributed by atoms with Crippen molar-refractivity contribution in [1.82, 2.24) is 16.0 Å².